The van der Waals surface area contributed by atoms with Crippen molar-refractivity contribution in [3.05, 3.63) is 39.3 Å². The summed E-state index contributed by atoms with van der Waals surface area (Å²) in [7, 11) is 0. The summed E-state index contributed by atoms with van der Waals surface area (Å²) in [6.45, 7) is 2.03. The van der Waals surface area contributed by atoms with Crippen LogP contribution in [-0.4, -0.2) is 11.3 Å². The van der Waals surface area contributed by atoms with E-state index in [1.807, 2.05) is 25.1 Å². The number of hydrogen-bond acceptors (Lipinski definition) is 3. The number of hydrogen-bond donors (Lipinski definition) is 0. The van der Waals surface area contributed by atoms with Crippen LogP contribution >= 0.6 is 27.3 Å². The molecule has 1 heterocycles. The highest BCUT2D eigenvalue weighted by molar-refractivity contribution is 9.10. The van der Waals surface area contributed by atoms with Crippen LogP contribution in [0.5, 0.6) is 0 Å². The number of halogens is 1. The molecule has 0 aliphatic heterocycles. The molecular formula is C11H8BrNOS. The van der Waals surface area contributed by atoms with Crippen LogP contribution in [0.2, 0.25) is 0 Å². The van der Waals surface area contributed by atoms with Gasteiger partial charge in [0.25, 0.3) is 0 Å². The van der Waals surface area contributed by atoms with Crippen molar-refractivity contribution in [2.75, 3.05) is 0 Å². The van der Waals surface area contributed by atoms with E-state index in [1.54, 1.807) is 6.20 Å². The summed E-state index contributed by atoms with van der Waals surface area (Å²) in [5, 5.41) is 0.865. The molecule has 76 valence electrons. The summed E-state index contributed by atoms with van der Waals surface area (Å²) in [4.78, 5) is 15.4. The Kier molecular flexibility index (Phi) is 2.98. The van der Waals surface area contributed by atoms with Gasteiger partial charge >= 0.3 is 0 Å². The molecule has 0 aliphatic carbocycles. The number of carbonyl (C=O) groups excluding carboxylic acids is 1. The van der Waals surface area contributed by atoms with Gasteiger partial charge in [-0.05, 0) is 18.6 Å². The number of nitrogens with zero attached hydrogens (tertiary/aromatic N) is 1. The van der Waals surface area contributed by atoms with Crippen LogP contribution in [0.3, 0.4) is 0 Å². The van der Waals surface area contributed by atoms with Crippen LogP contribution in [0.15, 0.2) is 28.9 Å². The van der Waals surface area contributed by atoms with Crippen molar-refractivity contribution in [1.29, 1.82) is 0 Å². The van der Waals surface area contributed by atoms with Gasteiger partial charge in [-0.25, -0.2) is 4.98 Å². The molecule has 0 atom stereocenters. The first-order chi connectivity index (χ1) is 7.20. The number of aromatic nitrogens is 1. The predicted molar refractivity (Wildman–Crippen MR) is 65.4 cm³/mol. The van der Waals surface area contributed by atoms with Crippen LogP contribution < -0.4 is 0 Å². The maximum Gasteiger partial charge on any atom is 0.161 e. The Bertz CT molecular complexity index is 507. The number of aldehydes is 1. The Morgan fingerprint density at radius 3 is 2.87 bits per heavy atom. The van der Waals surface area contributed by atoms with E-state index in [9.17, 15) is 4.79 Å². The first-order valence-corrected chi connectivity index (χ1v) is 5.99. The molecule has 2 nitrogen and oxygen atoms in total. The summed E-state index contributed by atoms with van der Waals surface area (Å²) >= 11 is 4.89. The topological polar surface area (TPSA) is 30.0 Å². The van der Waals surface area contributed by atoms with Crippen molar-refractivity contribution in [2.24, 2.45) is 0 Å². The lowest BCUT2D eigenvalue weighted by molar-refractivity contribution is 0.112. The molecule has 4 heteroatoms. The normalized spacial score (nSPS) is 10.3. The molecule has 1 aromatic heterocycles. The fourth-order valence-electron chi connectivity index (χ4n) is 1.26. The molecule has 2 aromatic rings. The van der Waals surface area contributed by atoms with Crippen LogP contribution in [0, 0.1) is 6.92 Å². The molecule has 2 rings (SSSR count). The first-order valence-electron chi connectivity index (χ1n) is 4.38. The molecule has 0 unspecified atom stereocenters. The van der Waals surface area contributed by atoms with Gasteiger partial charge < -0.3 is 0 Å². The average Bonchev–Trinajstić information content (AvgIpc) is 2.66. The first kappa shape index (κ1) is 10.5. The minimum atomic E-state index is 0.650. The zero-order valence-electron chi connectivity index (χ0n) is 8.03. The van der Waals surface area contributed by atoms with E-state index >= 15 is 0 Å². The molecule has 0 fully saturated rings. The van der Waals surface area contributed by atoms with Gasteiger partial charge in [-0.1, -0.05) is 28.1 Å². The van der Waals surface area contributed by atoms with E-state index in [-0.39, 0.29) is 0 Å². The molecule has 0 N–H and O–H groups in total. The molecule has 0 saturated heterocycles. The third-order valence-electron chi connectivity index (χ3n) is 1.99. The molecule has 0 aliphatic rings. The monoisotopic (exact) mass is 281 g/mol. The Labute approximate surface area is 100 Å². The maximum absolute atomic E-state index is 10.5. The van der Waals surface area contributed by atoms with E-state index in [2.05, 4.69) is 20.9 Å². The lowest BCUT2D eigenvalue weighted by Crippen LogP contribution is -1.79. The van der Waals surface area contributed by atoms with Crippen LogP contribution in [0.25, 0.3) is 10.6 Å². The Hall–Kier alpha value is -1.00. The fraction of sp³-hybridized carbons (Fsp3) is 0.0909. The summed E-state index contributed by atoms with van der Waals surface area (Å²) < 4.78 is 1.01. The largest absolute Gasteiger partial charge is 0.297 e. The Morgan fingerprint density at radius 1 is 1.47 bits per heavy atom. The van der Waals surface area contributed by atoms with Gasteiger partial charge in [-0.2, -0.15) is 0 Å². The van der Waals surface area contributed by atoms with E-state index in [4.69, 9.17) is 0 Å². The van der Waals surface area contributed by atoms with Gasteiger partial charge in [0.05, 0.1) is 4.88 Å². The molecule has 1 aromatic carbocycles. The van der Waals surface area contributed by atoms with Crippen LogP contribution in [0.1, 0.15) is 15.2 Å². The minimum absolute atomic E-state index is 0.650. The highest BCUT2D eigenvalue weighted by Gasteiger charge is 2.07. The smallest absolute Gasteiger partial charge is 0.161 e. The van der Waals surface area contributed by atoms with E-state index < -0.39 is 0 Å². The second kappa shape index (κ2) is 4.24. The lowest BCUT2D eigenvalue weighted by Gasteiger charge is -2.01. The van der Waals surface area contributed by atoms with Gasteiger partial charge in [0.1, 0.15) is 5.01 Å². The fourth-order valence-corrected chi connectivity index (χ4v) is 2.84. The molecular weight excluding hydrogens is 274 g/mol. The summed E-state index contributed by atoms with van der Waals surface area (Å²) in [6.07, 6.45) is 2.42. The van der Waals surface area contributed by atoms with Crippen molar-refractivity contribution in [3.8, 4) is 10.6 Å². The summed E-state index contributed by atoms with van der Waals surface area (Å²) in [6, 6.07) is 6.08. The number of aryl methyl sites for hydroxylation is 1. The number of benzene rings is 1. The summed E-state index contributed by atoms with van der Waals surface area (Å²) in [5.41, 5.74) is 2.22. The van der Waals surface area contributed by atoms with Gasteiger partial charge in [-0.15, -0.1) is 11.3 Å². The molecule has 0 amide bonds. The number of carbonyl (C=O) groups is 1. The second-order valence-corrected chi connectivity index (χ2v) is 5.09. The predicted octanol–water partition coefficient (Wildman–Crippen LogP) is 3.69. The van der Waals surface area contributed by atoms with Crippen LogP contribution in [-0.2, 0) is 0 Å². The molecule has 0 bridgehead atoms. The van der Waals surface area contributed by atoms with Gasteiger partial charge in [-0.3, -0.25) is 4.79 Å². The van der Waals surface area contributed by atoms with Crippen molar-refractivity contribution < 1.29 is 4.79 Å². The quantitative estimate of drug-likeness (QED) is 0.786. The van der Waals surface area contributed by atoms with Gasteiger partial charge in [0, 0.05) is 16.2 Å². The number of rotatable bonds is 2. The molecule has 15 heavy (non-hydrogen) atoms. The highest BCUT2D eigenvalue weighted by Crippen LogP contribution is 2.31. The van der Waals surface area contributed by atoms with Crippen molar-refractivity contribution >= 4 is 33.6 Å². The maximum atomic E-state index is 10.5. The van der Waals surface area contributed by atoms with Crippen LogP contribution in [0.4, 0.5) is 0 Å². The third kappa shape index (κ3) is 2.16. The highest BCUT2D eigenvalue weighted by atomic mass is 79.9. The molecule has 0 spiro atoms. The Morgan fingerprint density at radius 2 is 2.27 bits per heavy atom. The van der Waals surface area contributed by atoms with Crippen molar-refractivity contribution in [1.82, 2.24) is 4.98 Å². The van der Waals surface area contributed by atoms with E-state index in [1.165, 1.54) is 16.9 Å². The molecule has 0 radical (unpaired) electrons. The zero-order chi connectivity index (χ0) is 10.8. The average molecular weight is 282 g/mol. The van der Waals surface area contributed by atoms with Gasteiger partial charge in [0.2, 0.25) is 0 Å². The summed E-state index contributed by atoms with van der Waals surface area (Å²) in [5.74, 6) is 0. The lowest BCUT2D eigenvalue weighted by atomic mass is 10.2. The van der Waals surface area contributed by atoms with E-state index in [0.29, 0.717) is 4.88 Å². The van der Waals surface area contributed by atoms with E-state index in [0.717, 1.165) is 21.3 Å². The van der Waals surface area contributed by atoms with Crippen molar-refractivity contribution in [2.45, 2.75) is 6.92 Å². The SMILES string of the molecule is Cc1ccc(-c2ncc(C=O)s2)c(Br)c1. The van der Waals surface area contributed by atoms with Crippen molar-refractivity contribution in [3.63, 3.8) is 0 Å². The standard InChI is InChI=1S/C11H8BrNOS/c1-7-2-3-9(10(12)4-7)11-13-5-8(6-14)15-11/h2-6H,1H3. The van der Waals surface area contributed by atoms with Gasteiger partial charge in [0.15, 0.2) is 6.29 Å². The second-order valence-electron chi connectivity index (χ2n) is 3.17. The third-order valence-corrected chi connectivity index (χ3v) is 3.61. The molecule has 0 saturated carbocycles. The Balaban J connectivity index is 2.49. The number of thiazole rings is 1. The zero-order valence-corrected chi connectivity index (χ0v) is 10.4. The minimum Gasteiger partial charge on any atom is -0.297 e.